The second-order valence-corrected chi connectivity index (χ2v) is 8.55. The molecule has 27 heavy (non-hydrogen) atoms. The van der Waals surface area contributed by atoms with E-state index in [0.717, 1.165) is 5.56 Å². The summed E-state index contributed by atoms with van der Waals surface area (Å²) in [5.41, 5.74) is 2.24. The normalized spacial score (nSPS) is 15.6. The molecule has 0 saturated carbocycles. The third-order valence-electron chi connectivity index (χ3n) is 4.90. The van der Waals surface area contributed by atoms with Crippen molar-refractivity contribution in [3.05, 3.63) is 59.2 Å². The summed E-state index contributed by atoms with van der Waals surface area (Å²) < 4.78 is 32.6. The molecule has 1 amide bonds. The smallest absolute Gasteiger partial charge is 0.254 e. The Morgan fingerprint density at radius 3 is 2.22 bits per heavy atom. The fourth-order valence-electron chi connectivity index (χ4n) is 3.29. The van der Waals surface area contributed by atoms with Crippen LogP contribution in [0, 0.1) is 13.8 Å². The minimum absolute atomic E-state index is 0.0502. The average Bonchev–Trinajstić information content (AvgIpc) is 2.67. The lowest BCUT2D eigenvalue weighted by Crippen LogP contribution is -2.50. The van der Waals surface area contributed by atoms with Crippen molar-refractivity contribution in [3.63, 3.8) is 0 Å². The van der Waals surface area contributed by atoms with Crippen LogP contribution in [0.15, 0.2) is 47.4 Å². The van der Waals surface area contributed by atoms with Crippen molar-refractivity contribution in [2.24, 2.45) is 0 Å². The van der Waals surface area contributed by atoms with Gasteiger partial charge in [0.05, 0.1) is 12.0 Å². The molecule has 0 bridgehead atoms. The van der Waals surface area contributed by atoms with Gasteiger partial charge in [0.1, 0.15) is 5.75 Å². The number of piperazine rings is 1. The van der Waals surface area contributed by atoms with Crippen molar-refractivity contribution in [3.8, 4) is 5.75 Å². The maximum atomic E-state index is 13.0. The molecule has 0 aliphatic carbocycles. The molecule has 1 fully saturated rings. The number of methoxy groups -OCH3 is 1. The minimum atomic E-state index is -3.60. The van der Waals surface area contributed by atoms with Crippen LogP contribution in [-0.2, 0) is 10.0 Å². The lowest BCUT2D eigenvalue weighted by Gasteiger charge is -2.34. The molecule has 0 N–H and O–H groups in total. The summed E-state index contributed by atoms with van der Waals surface area (Å²) in [4.78, 5) is 14.7. The van der Waals surface area contributed by atoms with Gasteiger partial charge in [-0.25, -0.2) is 8.42 Å². The molecule has 1 saturated heterocycles. The molecular weight excluding hydrogens is 364 g/mol. The van der Waals surface area contributed by atoms with E-state index in [1.165, 1.54) is 4.31 Å². The van der Waals surface area contributed by atoms with Crippen LogP contribution in [0.2, 0.25) is 0 Å². The predicted octanol–water partition coefficient (Wildman–Crippen LogP) is 2.46. The van der Waals surface area contributed by atoms with Gasteiger partial charge in [-0.05, 0) is 49.2 Å². The Balaban J connectivity index is 1.73. The van der Waals surface area contributed by atoms with E-state index >= 15 is 0 Å². The Bertz CT molecular complexity index is 948. The second kappa shape index (κ2) is 7.70. The van der Waals surface area contributed by atoms with Crippen molar-refractivity contribution in [2.45, 2.75) is 18.7 Å². The highest BCUT2D eigenvalue weighted by molar-refractivity contribution is 7.89. The van der Waals surface area contributed by atoms with Crippen molar-refractivity contribution in [1.29, 1.82) is 0 Å². The van der Waals surface area contributed by atoms with E-state index < -0.39 is 10.0 Å². The molecule has 1 aliphatic heterocycles. The second-order valence-electron chi connectivity index (χ2n) is 6.64. The average molecular weight is 388 g/mol. The van der Waals surface area contributed by atoms with Crippen LogP contribution in [0.1, 0.15) is 21.5 Å². The molecule has 0 radical (unpaired) electrons. The Labute approximate surface area is 160 Å². The highest BCUT2D eigenvalue weighted by Gasteiger charge is 2.31. The number of hydrogen-bond acceptors (Lipinski definition) is 4. The van der Waals surface area contributed by atoms with Crippen LogP contribution >= 0.6 is 0 Å². The molecule has 1 heterocycles. The van der Waals surface area contributed by atoms with Gasteiger partial charge in [0.2, 0.25) is 10.0 Å². The number of ether oxygens (including phenoxy) is 1. The minimum Gasteiger partial charge on any atom is -0.497 e. The first kappa shape index (κ1) is 19.4. The summed E-state index contributed by atoms with van der Waals surface area (Å²) in [6, 6.07) is 12.4. The molecule has 0 unspecified atom stereocenters. The Morgan fingerprint density at radius 2 is 1.63 bits per heavy atom. The molecule has 3 rings (SSSR count). The molecule has 2 aromatic rings. The highest BCUT2D eigenvalue weighted by Crippen LogP contribution is 2.25. The Hall–Kier alpha value is -2.38. The highest BCUT2D eigenvalue weighted by atomic mass is 32.2. The number of benzene rings is 2. The van der Waals surface area contributed by atoms with E-state index in [2.05, 4.69) is 0 Å². The molecule has 0 spiro atoms. The standard InChI is InChI=1S/C20H24N2O4S/c1-15-6-4-5-7-18(15)20(23)21-10-12-22(13-11-21)27(24,25)19-9-8-17(26-3)14-16(19)2/h4-9,14H,10-13H2,1-3H3. The van der Waals surface area contributed by atoms with Gasteiger partial charge in [-0.1, -0.05) is 18.2 Å². The van der Waals surface area contributed by atoms with Crippen molar-refractivity contribution in [2.75, 3.05) is 33.3 Å². The topological polar surface area (TPSA) is 66.9 Å². The molecule has 144 valence electrons. The van der Waals surface area contributed by atoms with E-state index in [4.69, 9.17) is 4.74 Å². The lowest BCUT2D eigenvalue weighted by atomic mass is 10.1. The molecule has 6 nitrogen and oxygen atoms in total. The molecular formula is C20H24N2O4S. The number of sulfonamides is 1. The van der Waals surface area contributed by atoms with Crippen LogP contribution in [-0.4, -0.2) is 56.8 Å². The lowest BCUT2D eigenvalue weighted by molar-refractivity contribution is 0.0697. The Morgan fingerprint density at radius 1 is 0.963 bits per heavy atom. The monoisotopic (exact) mass is 388 g/mol. The summed E-state index contributed by atoms with van der Waals surface area (Å²) in [7, 11) is -2.05. The molecule has 1 aliphatic rings. The zero-order valence-corrected chi connectivity index (χ0v) is 16.6. The van der Waals surface area contributed by atoms with Crippen LogP contribution in [0.25, 0.3) is 0 Å². The maximum Gasteiger partial charge on any atom is 0.254 e. The number of nitrogens with zero attached hydrogens (tertiary/aromatic N) is 2. The van der Waals surface area contributed by atoms with Crippen LogP contribution in [0.5, 0.6) is 5.75 Å². The molecule has 2 aromatic carbocycles. The summed E-state index contributed by atoms with van der Waals surface area (Å²) in [5, 5.41) is 0. The van der Waals surface area contributed by atoms with Crippen molar-refractivity contribution in [1.82, 2.24) is 9.21 Å². The number of rotatable bonds is 4. The van der Waals surface area contributed by atoms with E-state index in [1.54, 1.807) is 37.1 Å². The van der Waals surface area contributed by atoms with Gasteiger partial charge in [0, 0.05) is 31.7 Å². The van der Waals surface area contributed by atoms with Crippen LogP contribution in [0.3, 0.4) is 0 Å². The third kappa shape index (κ3) is 3.84. The fraction of sp³-hybridized carbons (Fsp3) is 0.350. The van der Waals surface area contributed by atoms with Gasteiger partial charge in [-0.3, -0.25) is 4.79 Å². The molecule has 0 aromatic heterocycles. The van der Waals surface area contributed by atoms with Gasteiger partial charge in [-0.2, -0.15) is 4.31 Å². The first-order valence-electron chi connectivity index (χ1n) is 8.84. The van der Waals surface area contributed by atoms with E-state index in [9.17, 15) is 13.2 Å². The predicted molar refractivity (Wildman–Crippen MR) is 104 cm³/mol. The number of amides is 1. The maximum absolute atomic E-state index is 13.0. The first-order chi connectivity index (χ1) is 12.8. The van der Waals surface area contributed by atoms with E-state index in [0.29, 0.717) is 30.0 Å². The van der Waals surface area contributed by atoms with Gasteiger partial charge >= 0.3 is 0 Å². The SMILES string of the molecule is COc1ccc(S(=O)(=O)N2CCN(C(=O)c3ccccc3C)CC2)c(C)c1. The van der Waals surface area contributed by atoms with Crippen LogP contribution < -0.4 is 4.74 Å². The number of aryl methyl sites for hydroxylation is 2. The fourth-order valence-corrected chi connectivity index (χ4v) is 4.92. The number of carbonyl (C=O) groups excluding carboxylic acids is 1. The first-order valence-corrected chi connectivity index (χ1v) is 10.3. The van der Waals surface area contributed by atoms with Gasteiger partial charge in [0.15, 0.2) is 0 Å². The largest absolute Gasteiger partial charge is 0.497 e. The van der Waals surface area contributed by atoms with Gasteiger partial charge < -0.3 is 9.64 Å². The Kier molecular flexibility index (Phi) is 5.53. The van der Waals surface area contributed by atoms with E-state index in [1.807, 2.05) is 31.2 Å². The van der Waals surface area contributed by atoms with E-state index in [-0.39, 0.29) is 23.9 Å². The zero-order chi connectivity index (χ0) is 19.6. The molecule has 7 heteroatoms. The molecule has 0 atom stereocenters. The summed E-state index contributed by atoms with van der Waals surface area (Å²) >= 11 is 0. The van der Waals surface area contributed by atoms with Crippen molar-refractivity contribution < 1.29 is 17.9 Å². The van der Waals surface area contributed by atoms with Gasteiger partial charge in [0.25, 0.3) is 5.91 Å². The van der Waals surface area contributed by atoms with Crippen LogP contribution in [0.4, 0.5) is 0 Å². The summed E-state index contributed by atoms with van der Waals surface area (Å²) in [6.07, 6.45) is 0. The number of carbonyl (C=O) groups is 1. The summed E-state index contributed by atoms with van der Waals surface area (Å²) in [5.74, 6) is 0.575. The summed E-state index contributed by atoms with van der Waals surface area (Å²) in [6.45, 7) is 4.98. The third-order valence-corrected chi connectivity index (χ3v) is 6.96. The van der Waals surface area contributed by atoms with Crippen molar-refractivity contribution >= 4 is 15.9 Å². The zero-order valence-electron chi connectivity index (χ0n) is 15.8. The van der Waals surface area contributed by atoms with Gasteiger partial charge in [-0.15, -0.1) is 0 Å². The number of hydrogen-bond donors (Lipinski definition) is 0. The quantitative estimate of drug-likeness (QED) is 0.807.